The van der Waals surface area contributed by atoms with Crippen LogP contribution in [-0.4, -0.2) is 17.0 Å². The number of aromatic carboxylic acids is 1. The third kappa shape index (κ3) is 2.87. The smallest absolute Gasteiger partial charge is 0.371 e. The molecule has 1 aliphatic rings. The Morgan fingerprint density at radius 1 is 1.53 bits per heavy atom. The molecule has 5 heteroatoms. The Bertz CT molecular complexity index is 433. The molecule has 1 amide bonds. The van der Waals surface area contributed by atoms with Gasteiger partial charge in [0.15, 0.2) is 0 Å². The Morgan fingerprint density at radius 2 is 2.24 bits per heavy atom. The molecule has 0 radical (unpaired) electrons. The molecule has 1 aromatic rings. The summed E-state index contributed by atoms with van der Waals surface area (Å²) < 4.78 is 5.04. The average molecular weight is 237 g/mol. The Balaban J connectivity index is 1.84. The van der Waals surface area contributed by atoms with Gasteiger partial charge in [0.1, 0.15) is 5.76 Å². The van der Waals surface area contributed by atoms with Gasteiger partial charge >= 0.3 is 5.97 Å². The normalized spacial score (nSPS) is 16.5. The van der Waals surface area contributed by atoms with E-state index in [2.05, 4.69) is 5.32 Å². The van der Waals surface area contributed by atoms with E-state index in [1.807, 2.05) is 6.92 Å². The number of furan rings is 1. The van der Waals surface area contributed by atoms with Crippen LogP contribution in [0.15, 0.2) is 16.5 Å². The highest BCUT2D eigenvalue weighted by Gasteiger charge is 2.32. The first-order valence-corrected chi connectivity index (χ1v) is 5.67. The molecule has 1 aromatic heterocycles. The molecule has 0 saturated heterocycles. The van der Waals surface area contributed by atoms with E-state index in [4.69, 9.17) is 9.52 Å². The van der Waals surface area contributed by atoms with Gasteiger partial charge in [-0.1, -0.05) is 6.92 Å². The number of carboxylic acids is 1. The van der Waals surface area contributed by atoms with Crippen molar-refractivity contribution in [3.05, 3.63) is 23.7 Å². The van der Waals surface area contributed by atoms with Crippen molar-refractivity contribution in [1.29, 1.82) is 0 Å². The Hall–Kier alpha value is -1.78. The predicted molar refractivity (Wildman–Crippen MR) is 59.4 cm³/mol. The Kier molecular flexibility index (Phi) is 3.17. The van der Waals surface area contributed by atoms with Crippen LogP contribution >= 0.6 is 0 Å². The minimum atomic E-state index is -1.10. The zero-order valence-corrected chi connectivity index (χ0v) is 9.60. The predicted octanol–water partition coefficient (Wildman–Crippen LogP) is 1.64. The van der Waals surface area contributed by atoms with Gasteiger partial charge in [-0.2, -0.15) is 0 Å². The molecule has 1 atom stereocenters. The second kappa shape index (κ2) is 4.61. The van der Waals surface area contributed by atoms with E-state index >= 15 is 0 Å². The van der Waals surface area contributed by atoms with Crippen LogP contribution in [0.4, 0.5) is 0 Å². The minimum Gasteiger partial charge on any atom is -0.475 e. The maximum atomic E-state index is 11.7. The van der Waals surface area contributed by atoms with Crippen molar-refractivity contribution in [1.82, 2.24) is 5.32 Å². The van der Waals surface area contributed by atoms with Crippen LogP contribution in [0.5, 0.6) is 0 Å². The number of amides is 1. The van der Waals surface area contributed by atoms with E-state index < -0.39 is 5.97 Å². The van der Waals surface area contributed by atoms with Crippen LogP contribution in [0, 0.1) is 11.8 Å². The molecule has 1 aliphatic carbocycles. The van der Waals surface area contributed by atoms with Gasteiger partial charge in [0, 0.05) is 5.92 Å². The zero-order chi connectivity index (χ0) is 12.4. The van der Waals surface area contributed by atoms with E-state index in [9.17, 15) is 9.59 Å². The summed E-state index contributed by atoms with van der Waals surface area (Å²) in [5, 5.41) is 11.4. The molecule has 0 spiro atoms. The minimum absolute atomic E-state index is 0.000718. The fraction of sp³-hybridized carbons (Fsp3) is 0.500. The Morgan fingerprint density at radius 3 is 2.76 bits per heavy atom. The van der Waals surface area contributed by atoms with Gasteiger partial charge in [0.05, 0.1) is 6.54 Å². The summed E-state index contributed by atoms with van der Waals surface area (Å²) in [6.45, 7) is 2.15. The van der Waals surface area contributed by atoms with Crippen LogP contribution in [0.2, 0.25) is 0 Å². The summed E-state index contributed by atoms with van der Waals surface area (Å²) in [5.74, 6) is -0.206. The van der Waals surface area contributed by atoms with Gasteiger partial charge in [-0.3, -0.25) is 4.79 Å². The zero-order valence-electron chi connectivity index (χ0n) is 9.60. The van der Waals surface area contributed by atoms with Crippen LogP contribution < -0.4 is 5.32 Å². The largest absolute Gasteiger partial charge is 0.475 e. The topological polar surface area (TPSA) is 79.5 Å². The molecule has 0 aliphatic heterocycles. The second-order valence-electron chi connectivity index (χ2n) is 4.42. The van der Waals surface area contributed by atoms with Crippen molar-refractivity contribution >= 4 is 11.9 Å². The maximum Gasteiger partial charge on any atom is 0.371 e. The maximum absolute atomic E-state index is 11.7. The van der Waals surface area contributed by atoms with E-state index in [-0.39, 0.29) is 24.1 Å². The van der Waals surface area contributed by atoms with Crippen molar-refractivity contribution in [2.24, 2.45) is 11.8 Å². The lowest BCUT2D eigenvalue weighted by molar-refractivity contribution is -0.125. The molecule has 17 heavy (non-hydrogen) atoms. The summed E-state index contributed by atoms with van der Waals surface area (Å²) >= 11 is 0. The second-order valence-corrected chi connectivity index (χ2v) is 4.42. The van der Waals surface area contributed by atoms with Crippen molar-refractivity contribution in [3.63, 3.8) is 0 Å². The summed E-state index contributed by atoms with van der Waals surface area (Å²) in [4.78, 5) is 22.2. The fourth-order valence-corrected chi connectivity index (χ4v) is 1.73. The number of carboxylic acid groups (broad SMARTS) is 1. The molecular formula is C12H15NO4. The van der Waals surface area contributed by atoms with Crippen molar-refractivity contribution < 1.29 is 19.1 Å². The van der Waals surface area contributed by atoms with Crippen molar-refractivity contribution in [2.45, 2.75) is 26.3 Å². The van der Waals surface area contributed by atoms with Crippen LogP contribution in [-0.2, 0) is 11.3 Å². The molecule has 1 heterocycles. The summed E-state index contributed by atoms with van der Waals surface area (Å²) in [5.41, 5.74) is 0. The molecule has 1 saturated carbocycles. The first-order valence-electron chi connectivity index (χ1n) is 5.67. The van der Waals surface area contributed by atoms with Crippen LogP contribution in [0.3, 0.4) is 0 Å². The molecule has 1 unspecified atom stereocenters. The van der Waals surface area contributed by atoms with Gasteiger partial charge in [-0.25, -0.2) is 4.79 Å². The monoisotopic (exact) mass is 237 g/mol. The van der Waals surface area contributed by atoms with Crippen molar-refractivity contribution in [2.75, 3.05) is 0 Å². The van der Waals surface area contributed by atoms with Gasteiger partial charge < -0.3 is 14.8 Å². The highest BCUT2D eigenvalue weighted by molar-refractivity contribution is 5.84. The highest BCUT2D eigenvalue weighted by Crippen LogP contribution is 2.36. The SMILES string of the molecule is CC(C(=O)NCc1ccc(C(=O)O)o1)C1CC1. The first-order chi connectivity index (χ1) is 8.08. The molecule has 0 bridgehead atoms. The highest BCUT2D eigenvalue weighted by atomic mass is 16.4. The number of nitrogens with one attached hydrogen (secondary N) is 1. The summed E-state index contributed by atoms with van der Waals surface area (Å²) in [6.07, 6.45) is 2.25. The van der Waals surface area contributed by atoms with E-state index in [1.54, 1.807) is 6.07 Å². The van der Waals surface area contributed by atoms with Gasteiger partial charge in [0.2, 0.25) is 11.7 Å². The number of carbonyl (C=O) groups is 2. The summed E-state index contributed by atoms with van der Waals surface area (Å²) in [7, 11) is 0. The first kappa shape index (κ1) is 11.7. The van der Waals surface area contributed by atoms with E-state index in [0.29, 0.717) is 11.7 Å². The van der Waals surface area contributed by atoms with Gasteiger partial charge in [-0.15, -0.1) is 0 Å². The van der Waals surface area contributed by atoms with E-state index in [0.717, 1.165) is 12.8 Å². The molecular weight excluding hydrogens is 222 g/mol. The third-order valence-electron chi connectivity index (χ3n) is 3.05. The van der Waals surface area contributed by atoms with E-state index in [1.165, 1.54) is 6.07 Å². The van der Waals surface area contributed by atoms with Crippen LogP contribution in [0.1, 0.15) is 36.1 Å². The fourth-order valence-electron chi connectivity index (χ4n) is 1.73. The number of hydrogen-bond donors (Lipinski definition) is 2. The molecule has 2 N–H and O–H groups in total. The average Bonchev–Trinajstić information content (AvgIpc) is 3.03. The molecule has 0 aromatic carbocycles. The lowest BCUT2D eigenvalue weighted by Gasteiger charge is -2.09. The third-order valence-corrected chi connectivity index (χ3v) is 3.05. The molecule has 5 nitrogen and oxygen atoms in total. The number of hydrogen-bond acceptors (Lipinski definition) is 3. The summed E-state index contributed by atoms with van der Waals surface area (Å²) in [6, 6.07) is 2.94. The van der Waals surface area contributed by atoms with Gasteiger partial charge in [-0.05, 0) is 30.9 Å². The lowest BCUT2D eigenvalue weighted by Crippen LogP contribution is -2.29. The molecule has 1 fully saturated rings. The van der Waals surface area contributed by atoms with Crippen LogP contribution in [0.25, 0.3) is 0 Å². The van der Waals surface area contributed by atoms with Gasteiger partial charge in [0.25, 0.3) is 0 Å². The lowest BCUT2D eigenvalue weighted by atomic mass is 10.1. The quantitative estimate of drug-likeness (QED) is 0.815. The molecule has 2 rings (SSSR count). The van der Waals surface area contributed by atoms with Crippen molar-refractivity contribution in [3.8, 4) is 0 Å². The number of carbonyl (C=O) groups excluding carboxylic acids is 1. The standard InChI is InChI=1S/C12H15NO4/c1-7(8-2-3-8)11(14)13-6-9-4-5-10(17-9)12(15)16/h4-5,7-8H,2-3,6H2,1H3,(H,13,14)(H,15,16). The molecule has 92 valence electrons. The Labute approximate surface area is 98.8 Å². The number of rotatable bonds is 5.